The van der Waals surface area contributed by atoms with Crippen molar-refractivity contribution in [3.63, 3.8) is 0 Å². The first-order chi connectivity index (χ1) is 13.8. The van der Waals surface area contributed by atoms with E-state index < -0.39 is 15.7 Å². The van der Waals surface area contributed by atoms with E-state index in [9.17, 15) is 18.0 Å². The van der Waals surface area contributed by atoms with E-state index >= 15 is 0 Å². The van der Waals surface area contributed by atoms with Gasteiger partial charge in [0, 0.05) is 30.6 Å². The van der Waals surface area contributed by atoms with E-state index in [2.05, 4.69) is 5.32 Å². The van der Waals surface area contributed by atoms with Crippen LogP contribution in [0.5, 0.6) is 5.75 Å². The fourth-order valence-electron chi connectivity index (χ4n) is 2.75. The number of carbonyl (C=O) groups is 2. The topological polar surface area (TPSA) is 102 Å². The van der Waals surface area contributed by atoms with Gasteiger partial charge >= 0.3 is 0 Å². The number of benzene rings is 2. The molecule has 1 fully saturated rings. The number of nitrogens with one attached hydrogen (secondary N) is 1. The molecule has 1 aliphatic rings. The first kappa shape index (κ1) is 20.8. The predicted molar refractivity (Wildman–Crippen MR) is 107 cm³/mol. The highest BCUT2D eigenvalue weighted by molar-refractivity contribution is 7.90. The van der Waals surface area contributed by atoms with Crippen molar-refractivity contribution >= 4 is 27.3 Å². The Hall–Kier alpha value is -2.91. The summed E-state index contributed by atoms with van der Waals surface area (Å²) in [5, 5.41) is 2.70. The third-order valence-corrected chi connectivity index (χ3v) is 5.47. The SMILES string of the molecule is CS(=O)(=O)c1cccc(C(=O)Nc2ccc(OCC(=O)N3CCOCC3)cc2)c1. The monoisotopic (exact) mass is 418 g/mol. The van der Waals surface area contributed by atoms with Crippen molar-refractivity contribution < 1.29 is 27.5 Å². The van der Waals surface area contributed by atoms with Gasteiger partial charge in [-0.15, -0.1) is 0 Å². The number of anilines is 1. The van der Waals surface area contributed by atoms with Gasteiger partial charge in [0.1, 0.15) is 5.75 Å². The van der Waals surface area contributed by atoms with Crippen LogP contribution in [-0.4, -0.2) is 64.3 Å². The summed E-state index contributed by atoms with van der Waals surface area (Å²) in [7, 11) is -3.39. The van der Waals surface area contributed by atoms with Crippen LogP contribution in [0.15, 0.2) is 53.4 Å². The molecule has 29 heavy (non-hydrogen) atoms. The van der Waals surface area contributed by atoms with Crippen molar-refractivity contribution in [2.45, 2.75) is 4.90 Å². The van der Waals surface area contributed by atoms with Crippen LogP contribution < -0.4 is 10.1 Å². The van der Waals surface area contributed by atoms with Gasteiger partial charge in [0.2, 0.25) is 0 Å². The van der Waals surface area contributed by atoms with Gasteiger partial charge in [0.25, 0.3) is 11.8 Å². The lowest BCUT2D eigenvalue weighted by molar-refractivity contribution is -0.137. The lowest BCUT2D eigenvalue weighted by Crippen LogP contribution is -2.42. The van der Waals surface area contributed by atoms with Crippen molar-refractivity contribution in [2.75, 3.05) is 44.5 Å². The quantitative estimate of drug-likeness (QED) is 0.764. The van der Waals surface area contributed by atoms with Crippen molar-refractivity contribution in [1.82, 2.24) is 4.90 Å². The number of ether oxygens (including phenoxy) is 2. The molecule has 1 aliphatic heterocycles. The zero-order chi connectivity index (χ0) is 20.9. The molecule has 0 unspecified atom stereocenters. The lowest BCUT2D eigenvalue weighted by atomic mass is 10.2. The highest BCUT2D eigenvalue weighted by atomic mass is 32.2. The molecule has 9 heteroatoms. The van der Waals surface area contributed by atoms with Crippen LogP contribution in [0.4, 0.5) is 5.69 Å². The summed E-state index contributed by atoms with van der Waals surface area (Å²) in [4.78, 5) is 26.2. The molecule has 0 radical (unpaired) electrons. The van der Waals surface area contributed by atoms with Crippen molar-refractivity contribution in [3.8, 4) is 5.75 Å². The summed E-state index contributed by atoms with van der Waals surface area (Å²) in [6, 6.07) is 12.4. The number of carbonyl (C=O) groups excluding carboxylic acids is 2. The van der Waals surface area contributed by atoms with Crippen LogP contribution in [-0.2, 0) is 19.4 Å². The van der Waals surface area contributed by atoms with E-state index in [1.54, 1.807) is 35.2 Å². The molecule has 0 atom stereocenters. The van der Waals surface area contributed by atoms with Gasteiger partial charge in [-0.3, -0.25) is 9.59 Å². The fraction of sp³-hybridized carbons (Fsp3) is 0.300. The minimum absolute atomic E-state index is 0.0655. The number of hydrogen-bond donors (Lipinski definition) is 1. The molecule has 2 amide bonds. The van der Waals surface area contributed by atoms with Crippen molar-refractivity contribution in [1.29, 1.82) is 0 Å². The number of hydrogen-bond acceptors (Lipinski definition) is 6. The van der Waals surface area contributed by atoms with E-state index in [4.69, 9.17) is 9.47 Å². The highest BCUT2D eigenvalue weighted by Crippen LogP contribution is 2.18. The van der Waals surface area contributed by atoms with E-state index in [0.29, 0.717) is 37.7 Å². The number of rotatable bonds is 6. The maximum atomic E-state index is 12.4. The van der Waals surface area contributed by atoms with Gasteiger partial charge in [0.05, 0.1) is 18.1 Å². The Kier molecular flexibility index (Phi) is 6.50. The molecular formula is C20H22N2O6S. The summed E-state index contributed by atoms with van der Waals surface area (Å²) in [6.45, 7) is 2.13. The Morgan fingerprint density at radius 1 is 1.10 bits per heavy atom. The van der Waals surface area contributed by atoms with Crippen LogP contribution in [0.25, 0.3) is 0 Å². The van der Waals surface area contributed by atoms with E-state index in [-0.39, 0.29) is 23.0 Å². The van der Waals surface area contributed by atoms with E-state index in [1.165, 1.54) is 18.2 Å². The fourth-order valence-corrected chi connectivity index (χ4v) is 3.42. The smallest absolute Gasteiger partial charge is 0.260 e. The van der Waals surface area contributed by atoms with Crippen molar-refractivity contribution in [3.05, 3.63) is 54.1 Å². The van der Waals surface area contributed by atoms with Gasteiger partial charge < -0.3 is 19.7 Å². The second-order valence-electron chi connectivity index (χ2n) is 6.56. The molecule has 2 aromatic rings. The number of nitrogens with zero attached hydrogens (tertiary/aromatic N) is 1. The normalized spacial score (nSPS) is 14.3. The maximum absolute atomic E-state index is 12.4. The van der Waals surface area contributed by atoms with Gasteiger partial charge in [0.15, 0.2) is 16.4 Å². The largest absolute Gasteiger partial charge is 0.484 e. The molecule has 0 saturated carbocycles. The van der Waals surface area contributed by atoms with Gasteiger partial charge in [-0.1, -0.05) is 6.07 Å². The summed E-state index contributed by atoms with van der Waals surface area (Å²) >= 11 is 0. The number of morpholine rings is 1. The van der Waals surface area contributed by atoms with Crippen molar-refractivity contribution in [2.24, 2.45) is 0 Å². The van der Waals surface area contributed by atoms with Crippen LogP contribution in [0.1, 0.15) is 10.4 Å². The Morgan fingerprint density at radius 2 is 1.79 bits per heavy atom. The summed E-state index contributed by atoms with van der Waals surface area (Å²) < 4.78 is 34.0. The first-order valence-corrected chi connectivity index (χ1v) is 10.9. The molecule has 8 nitrogen and oxygen atoms in total. The minimum atomic E-state index is -3.39. The van der Waals surface area contributed by atoms with Crippen LogP contribution in [0.3, 0.4) is 0 Å². The van der Waals surface area contributed by atoms with Gasteiger partial charge in [-0.05, 0) is 42.5 Å². The molecule has 3 rings (SSSR count). The van der Waals surface area contributed by atoms with E-state index in [1.807, 2.05) is 0 Å². The average molecular weight is 418 g/mol. The molecule has 0 aromatic heterocycles. The molecule has 1 N–H and O–H groups in total. The predicted octanol–water partition coefficient (Wildman–Crippen LogP) is 1.58. The molecular weight excluding hydrogens is 396 g/mol. The average Bonchev–Trinajstić information content (AvgIpc) is 2.73. The minimum Gasteiger partial charge on any atom is -0.484 e. The second kappa shape index (κ2) is 9.06. The lowest BCUT2D eigenvalue weighted by Gasteiger charge is -2.26. The number of sulfone groups is 1. The summed E-state index contributed by atoms with van der Waals surface area (Å²) in [5.74, 6) is -0.0215. The van der Waals surface area contributed by atoms with E-state index in [0.717, 1.165) is 6.26 Å². The second-order valence-corrected chi connectivity index (χ2v) is 8.58. The molecule has 2 aromatic carbocycles. The third-order valence-electron chi connectivity index (χ3n) is 4.36. The molecule has 0 aliphatic carbocycles. The highest BCUT2D eigenvalue weighted by Gasteiger charge is 2.17. The first-order valence-electron chi connectivity index (χ1n) is 9.03. The Labute approximate surface area is 169 Å². The molecule has 1 saturated heterocycles. The molecule has 0 spiro atoms. The maximum Gasteiger partial charge on any atom is 0.260 e. The number of amides is 2. The Bertz CT molecular complexity index is 982. The third kappa shape index (κ3) is 5.78. The summed E-state index contributed by atoms with van der Waals surface area (Å²) in [6.07, 6.45) is 1.09. The molecule has 154 valence electrons. The zero-order valence-corrected chi connectivity index (χ0v) is 16.8. The molecule has 0 bridgehead atoms. The van der Waals surface area contributed by atoms with Crippen LogP contribution in [0, 0.1) is 0 Å². The van der Waals surface area contributed by atoms with Crippen LogP contribution >= 0.6 is 0 Å². The Morgan fingerprint density at radius 3 is 2.45 bits per heavy atom. The van der Waals surface area contributed by atoms with Crippen LogP contribution in [0.2, 0.25) is 0 Å². The standard InChI is InChI=1S/C20H22N2O6S/c1-29(25,26)18-4-2-3-15(13-18)20(24)21-16-5-7-17(8-6-16)28-14-19(23)22-9-11-27-12-10-22/h2-8,13H,9-12,14H2,1H3,(H,21,24). The Balaban J connectivity index is 1.56. The van der Waals surface area contributed by atoms with Gasteiger partial charge in [-0.2, -0.15) is 0 Å². The molecule has 1 heterocycles. The van der Waals surface area contributed by atoms with Gasteiger partial charge in [-0.25, -0.2) is 8.42 Å². The summed E-state index contributed by atoms with van der Waals surface area (Å²) in [5.41, 5.74) is 0.760. The zero-order valence-electron chi connectivity index (χ0n) is 16.0.